The summed E-state index contributed by atoms with van der Waals surface area (Å²) in [5, 5.41) is 0. The van der Waals surface area contributed by atoms with Crippen LogP contribution in [0.4, 0.5) is 0 Å². The molecule has 1 atom stereocenters. The second-order valence-electron chi connectivity index (χ2n) is 11.7. The maximum atomic E-state index is 12.4. The second kappa shape index (κ2) is 14.9. The van der Waals surface area contributed by atoms with Gasteiger partial charge < -0.3 is 4.74 Å². The van der Waals surface area contributed by atoms with Gasteiger partial charge in [-0.15, -0.1) is 0 Å². The molecule has 2 saturated carbocycles. The van der Waals surface area contributed by atoms with Crippen LogP contribution in [0.5, 0.6) is 0 Å². The Balaban J connectivity index is 1.32. The van der Waals surface area contributed by atoms with Crippen LogP contribution in [0.15, 0.2) is 24.3 Å². The predicted octanol–water partition coefficient (Wildman–Crippen LogP) is 9.55. The highest BCUT2D eigenvalue weighted by atomic mass is 16.5. The Hall–Kier alpha value is -1.31. The van der Waals surface area contributed by atoms with Crippen LogP contribution in [-0.4, -0.2) is 12.1 Å². The Bertz CT molecular complexity index is 677. The fourth-order valence-electron chi connectivity index (χ4n) is 6.65. The third kappa shape index (κ3) is 9.04. The van der Waals surface area contributed by atoms with Gasteiger partial charge in [0.2, 0.25) is 0 Å². The largest absolute Gasteiger partial charge is 0.459 e. The summed E-state index contributed by atoms with van der Waals surface area (Å²) < 4.78 is 5.65. The minimum Gasteiger partial charge on any atom is -0.459 e. The highest BCUT2D eigenvalue weighted by molar-refractivity contribution is 5.89. The number of carbonyl (C=O) groups excluding carboxylic acids is 1. The van der Waals surface area contributed by atoms with E-state index < -0.39 is 0 Å². The van der Waals surface area contributed by atoms with Crippen molar-refractivity contribution in [3.8, 4) is 0 Å². The summed E-state index contributed by atoms with van der Waals surface area (Å²) in [5.74, 6) is 3.80. The number of hydrogen-bond acceptors (Lipinski definition) is 2. The molecule has 0 radical (unpaired) electrons. The molecule has 0 aromatic heterocycles. The minimum absolute atomic E-state index is 0.00513. The zero-order valence-corrected chi connectivity index (χ0v) is 22.5. The predicted molar refractivity (Wildman–Crippen MR) is 144 cm³/mol. The summed E-state index contributed by atoms with van der Waals surface area (Å²) in [5.41, 5.74) is 2.05. The van der Waals surface area contributed by atoms with Crippen LogP contribution in [0.3, 0.4) is 0 Å². The number of hydrogen-bond donors (Lipinski definition) is 0. The summed E-state index contributed by atoms with van der Waals surface area (Å²) in [6, 6.07) is 8.21. The average molecular weight is 469 g/mol. The molecule has 2 fully saturated rings. The molecule has 192 valence electrons. The monoisotopic (exact) mass is 468 g/mol. The summed E-state index contributed by atoms with van der Waals surface area (Å²) >= 11 is 0. The number of aryl methyl sites for hydroxylation is 1. The van der Waals surface area contributed by atoms with Gasteiger partial charge in [-0.2, -0.15) is 0 Å². The van der Waals surface area contributed by atoms with Crippen molar-refractivity contribution in [1.82, 2.24) is 0 Å². The van der Waals surface area contributed by atoms with Gasteiger partial charge in [-0.05, 0) is 99.7 Å². The maximum absolute atomic E-state index is 12.4. The minimum atomic E-state index is -0.170. The summed E-state index contributed by atoms with van der Waals surface area (Å²) in [6.07, 6.45) is 22.9. The van der Waals surface area contributed by atoms with Crippen molar-refractivity contribution in [1.29, 1.82) is 0 Å². The van der Waals surface area contributed by atoms with E-state index in [-0.39, 0.29) is 12.1 Å². The van der Waals surface area contributed by atoms with E-state index in [9.17, 15) is 4.79 Å². The van der Waals surface area contributed by atoms with Crippen LogP contribution in [0, 0.1) is 23.7 Å². The topological polar surface area (TPSA) is 26.3 Å². The lowest BCUT2D eigenvalue weighted by molar-refractivity contribution is 0.0319. The number of benzene rings is 1. The number of ether oxygens (including phenoxy) is 1. The van der Waals surface area contributed by atoms with E-state index >= 15 is 0 Å². The Morgan fingerprint density at radius 3 is 1.94 bits per heavy atom. The molecule has 1 unspecified atom stereocenters. The van der Waals surface area contributed by atoms with E-state index in [0.717, 1.165) is 42.9 Å². The lowest BCUT2D eigenvalue weighted by Gasteiger charge is -2.38. The van der Waals surface area contributed by atoms with Crippen molar-refractivity contribution in [2.75, 3.05) is 0 Å². The van der Waals surface area contributed by atoms with Gasteiger partial charge in [-0.3, -0.25) is 0 Å². The summed E-state index contributed by atoms with van der Waals surface area (Å²) in [6.45, 7) is 6.58. The summed E-state index contributed by atoms with van der Waals surface area (Å²) in [7, 11) is 0. The molecule has 1 aromatic carbocycles. The van der Waals surface area contributed by atoms with Gasteiger partial charge >= 0.3 is 5.97 Å². The summed E-state index contributed by atoms with van der Waals surface area (Å²) in [4.78, 5) is 12.4. The maximum Gasteiger partial charge on any atom is 0.338 e. The zero-order chi connectivity index (χ0) is 24.2. The Morgan fingerprint density at radius 2 is 1.38 bits per heavy atom. The molecule has 0 N–H and O–H groups in total. The first kappa shape index (κ1) is 27.3. The molecule has 0 amide bonds. The van der Waals surface area contributed by atoms with Gasteiger partial charge in [0.15, 0.2) is 0 Å². The van der Waals surface area contributed by atoms with Crippen molar-refractivity contribution in [2.24, 2.45) is 23.7 Å². The fourth-order valence-corrected chi connectivity index (χ4v) is 6.65. The van der Waals surface area contributed by atoms with E-state index in [1.54, 1.807) is 0 Å². The van der Waals surface area contributed by atoms with E-state index in [1.165, 1.54) is 95.5 Å². The Morgan fingerprint density at radius 1 is 0.794 bits per heavy atom. The van der Waals surface area contributed by atoms with E-state index in [2.05, 4.69) is 26.0 Å². The van der Waals surface area contributed by atoms with E-state index in [4.69, 9.17) is 4.74 Å². The van der Waals surface area contributed by atoms with Crippen LogP contribution in [0.1, 0.15) is 139 Å². The zero-order valence-electron chi connectivity index (χ0n) is 22.5. The highest BCUT2D eigenvalue weighted by Crippen LogP contribution is 2.42. The first-order valence-electron chi connectivity index (χ1n) is 14.9. The van der Waals surface area contributed by atoms with Crippen LogP contribution < -0.4 is 0 Å². The molecule has 0 spiro atoms. The molecule has 2 nitrogen and oxygen atoms in total. The first-order chi connectivity index (χ1) is 16.6. The number of carbonyl (C=O) groups is 1. The molecule has 2 heteroatoms. The van der Waals surface area contributed by atoms with Crippen LogP contribution in [0.25, 0.3) is 0 Å². The fraction of sp³-hybridized carbons (Fsp3) is 0.781. The molecule has 2 aliphatic rings. The lowest BCUT2D eigenvalue weighted by Crippen LogP contribution is -2.26. The molecule has 0 bridgehead atoms. The molecular formula is C32H52O2. The molecule has 1 aromatic rings. The van der Waals surface area contributed by atoms with Crippen molar-refractivity contribution in [3.63, 3.8) is 0 Å². The molecule has 0 heterocycles. The van der Waals surface area contributed by atoms with Gasteiger partial charge in [-0.1, -0.05) is 83.8 Å². The van der Waals surface area contributed by atoms with Crippen LogP contribution in [-0.2, 0) is 11.2 Å². The molecule has 3 rings (SSSR count). The van der Waals surface area contributed by atoms with Gasteiger partial charge in [-0.25, -0.2) is 4.79 Å². The van der Waals surface area contributed by atoms with Crippen molar-refractivity contribution >= 4 is 5.97 Å². The van der Waals surface area contributed by atoms with E-state index in [0.29, 0.717) is 5.56 Å². The van der Waals surface area contributed by atoms with Crippen LogP contribution in [0.2, 0.25) is 0 Å². The van der Waals surface area contributed by atoms with Crippen LogP contribution >= 0.6 is 0 Å². The molecule has 0 aliphatic heterocycles. The van der Waals surface area contributed by atoms with Crippen molar-refractivity contribution in [2.45, 2.75) is 136 Å². The van der Waals surface area contributed by atoms with Gasteiger partial charge in [0, 0.05) is 0 Å². The molecule has 34 heavy (non-hydrogen) atoms. The first-order valence-corrected chi connectivity index (χ1v) is 14.9. The third-order valence-corrected chi connectivity index (χ3v) is 8.95. The Labute approximate surface area is 210 Å². The molecule has 2 aliphatic carbocycles. The molecular weight excluding hydrogens is 416 g/mol. The van der Waals surface area contributed by atoms with Crippen molar-refractivity contribution < 1.29 is 9.53 Å². The van der Waals surface area contributed by atoms with Gasteiger partial charge in [0.1, 0.15) is 0 Å². The lowest BCUT2D eigenvalue weighted by atomic mass is 9.68. The number of unbranched alkanes of at least 4 members (excludes halogenated alkanes) is 3. The Kier molecular flexibility index (Phi) is 12.0. The van der Waals surface area contributed by atoms with Gasteiger partial charge in [0.25, 0.3) is 0 Å². The number of esters is 1. The van der Waals surface area contributed by atoms with Gasteiger partial charge in [0.05, 0.1) is 11.7 Å². The highest BCUT2D eigenvalue weighted by Gasteiger charge is 2.30. The third-order valence-electron chi connectivity index (χ3n) is 8.95. The standard InChI is InChI=1S/C32H52O2/c1-4-6-7-8-10-25(3)34-32(33)31-23-17-28(18-24-31)12-11-27-15-21-30(22-16-27)29-19-13-26(9-5-2)14-20-29/h17-18,23-27,29-30H,4-16,19-22H2,1-3H3/t25?,26-,27?,29-,30?. The molecule has 0 saturated heterocycles. The quantitative estimate of drug-likeness (QED) is 0.213. The SMILES string of the molecule is CCCCCCC(C)OC(=O)c1ccc(CCC2CCC([C@H]3CC[C@H](CCC)CC3)CC2)cc1. The smallest absolute Gasteiger partial charge is 0.338 e. The van der Waals surface area contributed by atoms with E-state index in [1.807, 2.05) is 19.1 Å². The normalized spacial score (nSPS) is 26.2. The second-order valence-corrected chi connectivity index (χ2v) is 11.7. The average Bonchev–Trinajstić information content (AvgIpc) is 2.87. The van der Waals surface area contributed by atoms with Crippen molar-refractivity contribution in [3.05, 3.63) is 35.4 Å². The number of rotatable bonds is 13.